The van der Waals surface area contributed by atoms with Crippen LogP contribution in [0.25, 0.3) is 0 Å². The molecular formula is C9H18N2O. The summed E-state index contributed by atoms with van der Waals surface area (Å²) in [6.07, 6.45) is 3.71. The third-order valence-corrected chi connectivity index (χ3v) is 2.33. The van der Waals surface area contributed by atoms with Gasteiger partial charge in [-0.15, -0.1) is 0 Å². The molecule has 12 heavy (non-hydrogen) atoms. The second-order valence-electron chi connectivity index (χ2n) is 3.48. The molecule has 0 aromatic carbocycles. The average Bonchev–Trinajstić information content (AvgIpc) is 2.05. The van der Waals surface area contributed by atoms with Crippen LogP contribution >= 0.6 is 0 Å². The zero-order valence-electron chi connectivity index (χ0n) is 7.73. The molecule has 3 heteroatoms. The number of amides is 1. The summed E-state index contributed by atoms with van der Waals surface area (Å²) < 4.78 is 0. The maximum Gasteiger partial charge on any atom is 0.216 e. The highest BCUT2D eigenvalue weighted by Gasteiger charge is 2.11. The van der Waals surface area contributed by atoms with Crippen molar-refractivity contribution >= 4 is 5.91 Å². The monoisotopic (exact) mass is 170 g/mol. The fourth-order valence-electron chi connectivity index (χ4n) is 1.62. The molecule has 0 saturated carbocycles. The second kappa shape index (κ2) is 5.14. The number of hydrogen-bond donors (Lipinski definition) is 2. The van der Waals surface area contributed by atoms with Crippen molar-refractivity contribution in [2.75, 3.05) is 19.6 Å². The van der Waals surface area contributed by atoms with E-state index < -0.39 is 0 Å². The molecule has 0 radical (unpaired) electrons. The van der Waals surface area contributed by atoms with Crippen LogP contribution in [-0.2, 0) is 4.79 Å². The van der Waals surface area contributed by atoms with Crippen molar-refractivity contribution in [2.24, 2.45) is 5.92 Å². The van der Waals surface area contributed by atoms with Crippen molar-refractivity contribution in [3.05, 3.63) is 0 Å². The van der Waals surface area contributed by atoms with Crippen molar-refractivity contribution in [3.8, 4) is 0 Å². The Hall–Kier alpha value is -0.570. The molecule has 0 aromatic heterocycles. The first-order chi connectivity index (χ1) is 5.79. The molecule has 0 bridgehead atoms. The lowest BCUT2D eigenvalue weighted by molar-refractivity contribution is -0.119. The molecule has 3 nitrogen and oxygen atoms in total. The fourth-order valence-corrected chi connectivity index (χ4v) is 1.62. The molecule has 2 N–H and O–H groups in total. The van der Waals surface area contributed by atoms with E-state index in [0.29, 0.717) is 0 Å². The Morgan fingerprint density at radius 3 is 3.08 bits per heavy atom. The molecule has 1 heterocycles. The maximum atomic E-state index is 10.6. The third-order valence-electron chi connectivity index (χ3n) is 2.33. The van der Waals surface area contributed by atoms with Crippen LogP contribution in [0.4, 0.5) is 0 Å². The zero-order valence-corrected chi connectivity index (χ0v) is 7.73. The van der Waals surface area contributed by atoms with Gasteiger partial charge in [-0.1, -0.05) is 0 Å². The van der Waals surface area contributed by atoms with Crippen LogP contribution in [0.3, 0.4) is 0 Å². The van der Waals surface area contributed by atoms with Crippen molar-refractivity contribution in [3.63, 3.8) is 0 Å². The molecule has 1 aliphatic rings. The minimum absolute atomic E-state index is 0.0822. The van der Waals surface area contributed by atoms with Crippen LogP contribution in [0, 0.1) is 5.92 Å². The van der Waals surface area contributed by atoms with Gasteiger partial charge in [-0.3, -0.25) is 4.79 Å². The number of hydrogen-bond acceptors (Lipinski definition) is 2. The van der Waals surface area contributed by atoms with E-state index in [9.17, 15) is 4.79 Å². The first-order valence-electron chi connectivity index (χ1n) is 4.74. The molecule has 0 aromatic rings. The molecule has 1 aliphatic heterocycles. The van der Waals surface area contributed by atoms with Crippen molar-refractivity contribution in [1.82, 2.24) is 10.6 Å². The van der Waals surface area contributed by atoms with E-state index in [4.69, 9.17) is 0 Å². The maximum absolute atomic E-state index is 10.6. The van der Waals surface area contributed by atoms with Crippen LogP contribution < -0.4 is 10.6 Å². The van der Waals surface area contributed by atoms with Gasteiger partial charge < -0.3 is 10.6 Å². The van der Waals surface area contributed by atoms with Crippen LogP contribution in [-0.4, -0.2) is 25.5 Å². The second-order valence-corrected chi connectivity index (χ2v) is 3.48. The van der Waals surface area contributed by atoms with Gasteiger partial charge in [-0.2, -0.15) is 0 Å². The highest BCUT2D eigenvalue weighted by atomic mass is 16.1. The Morgan fingerprint density at radius 1 is 1.67 bits per heavy atom. The predicted octanol–water partition coefficient (Wildman–Crippen LogP) is 0.512. The first kappa shape index (κ1) is 9.52. The van der Waals surface area contributed by atoms with Crippen LogP contribution in [0.2, 0.25) is 0 Å². The van der Waals surface area contributed by atoms with E-state index >= 15 is 0 Å². The highest BCUT2D eigenvalue weighted by Crippen LogP contribution is 2.12. The van der Waals surface area contributed by atoms with Gasteiger partial charge >= 0.3 is 0 Å². The summed E-state index contributed by atoms with van der Waals surface area (Å²) >= 11 is 0. The normalized spacial score (nSPS) is 23.6. The lowest BCUT2D eigenvalue weighted by atomic mass is 9.96. The van der Waals surface area contributed by atoms with Crippen molar-refractivity contribution in [1.29, 1.82) is 0 Å². The van der Waals surface area contributed by atoms with Gasteiger partial charge in [0.1, 0.15) is 0 Å². The largest absolute Gasteiger partial charge is 0.356 e. The summed E-state index contributed by atoms with van der Waals surface area (Å²) in [7, 11) is 0. The smallest absolute Gasteiger partial charge is 0.216 e. The van der Waals surface area contributed by atoms with Crippen molar-refractivity contribution < 1.29 is 4.79 Å². The summed E-state index contributed by atoms with van der Waals surface area (Å²) in [5.41, 5.74) is 0. The molecule has 1 rings (SSSR count). The molecule has 1 atom stereocenters. The van der Waals surface area contributed by atoms with E-state index in [-0.39, 0.29) is 5.91 Å². The van der Waals surface area contributed by atoms with Crippen LogP contribution in [0.5, 0.6) is 0 Å². The Morgan fingerprint density at radius 2 is 2.50 bits per heavy atom. The topological polar surface area (TPSA) is 41.1 Å². The lowest BCUT2D eigenvalue weighted by Gasteiger charge is -2.22. The summed E-state index contributed by atoms with van der Waals surface area (Å²) in [6, 6.07) is 0. The van der Waals surface area contributed by atoms with Crippen molar-refractivity contribution in [2.45, 2.75) is 26.2 Å². The highest BCUT2D eigenvalue weighted by molar-refractivity contribution is 5.72. The minimum Gasteiger partial charge on any atom is -0.356 e. The van der Waals surface area contributed by atoms with Gasteiger partial charge in [0, 0.05) is 13.5 Å². The van der Waals surface area contributed by atoms with E-state index in [1.165, 1.54) is 12.8 Å². The van der Waals surface area contributed by atoms with Gasteiger partial charge in [-0.25, -0.2) is 0 Å². The number of piperidine rings is 1. The number of nitrogens with one attached hydrogen (secondary N) is 2. The molecule has 0 aliphatic carbocycles. The van der Waals surface area contributed by atoms with E-state index in [2.05, 4.69) is 10.6 Å². The molecule has 1 saturated heterocycles. The van der Waals surface area contributed by atoms with E-state index in [0.717, 1.165) is 32.0 Å². The van der Waals surface area contributed by atoms with Gasteiger partial charge in [0.25, 0.3) is 0 Å². The minimum atomic E-state index is 0.0822. The first-order valence-corrected chi connectivity index (χ1v) is 4.74. The quantitative estimate of drug-likeness (QED) is 0.648. The standard InChI is InChI=1S/C9H18N2O/c1-8(12)11-6-4-9-3-2-5-10-7-9/h9-10H,2-7H2,1H3,(H,11,12)/t9-/m1/s1. The summed E-state index contributed by atoms with van der Waals surface area (Å²) in [6.45, 7) is 4.69. The summed E-state index contributed by atoms with van der Waals surface area (Å²) in [4.78, 5) is 10.6. The Kier molecular flexibility index (Phi) is 4.08. The molecule has 70 valence electrons. The van der Waals surface area contributed by atoms with E-state index in [1.807, 2.05) is 0 Å². The van der Waals surface area contributed by atoms with Gasteiger partial charge in [0.2, 0.25) is 5.91 Å². The molecule has 1 fully saturated rings. The average molecular weight is 170 g/mol. The Labute approximate surface area is 73.9 Å². The van der Waals surface area contributed by atoms with E-state index in [1.54, 1.807) is 6.92 Å². The lowest BCUT2D eigenvalue weighted by Crippen LogP contribution is -2.32. The Bertz CT molecular complexity index is 141. The molecule has 0 spiro atoms. The van der Waals surface area contributed by atoms with Crippen LogP contribution in [0.1, 0.15) is 26.2 Å². The SMILES string of the molecule is CC(=O)NCC[C@H]1CCCNC1. The molecular weight excluding hydrogens is 152 g/mol. The molecule has 0 unspecified atom stereocenters. The van der Waals surface area contributed by atoms with Gasteiger partial charge in [-0.05, 0) is 38.3 Å². The van der Waals surface area contributed by atoms with Crippen LogP contribution in [0.15, 0.2) is 0 Å². The zero-order chi connectivity index (χ0) is 8.81. The Balaban J connectivity index is 2.01. The number of carbonyl (C=O) groups excluding carboxylic acids is 1. The number of carbonyl (C=O) groups is 1. The van der Waals surface area contributed by atoms with Gasteiger partial charge in [0.05, 0.1) is 0 Å². The molecule has 1 amide bonds. The third kappa shape index (κ3) is 3.72. The predicted molar refractivity (Wildman–Crippen MR) is 48.9 cm³/mol. The number of rotatable bonds is 3. The summed E-state index contributed by atoms with van der Waals surface area (Å²) in [5.74, 6) is 0.851. The van der Waals surface area contributed by atoms with Gasteiger partial charge in [0.15, 0.2) is 0 Å². The fraction of sp³-hybridized carbons (Fsp3) is 0.889. The summed E-state index contributed by atoms with van der Waals surface area (Å²) in [5, 5.41) is 6.19.